The van der Waals surface area contributed by atoms with Crippen molar-refractivity contribution in [1.29, 1.82) is 0 Å². The van der Waals surface area contributed by atoms with Crippen molar-refractivity contribution < 1.29 is 19.1 Å². The Kier molecular flexibility index (Phi) is 8.58. The lowest BCUT2D eigenvalue weighted by atomic mass is 10.0. The Morgan fingerprint density at radius 3 is 2.61 bits per heavy atom. The van der Waals surface area contributed by atoms with Crippen LogP contribution in [0.15, 0.2) is 71.1 Å². The molecule has 0 spiro atoms. The van der Waals surface area contributed by atoms with Crippen LogP contribution in [-0.2, 0) is 9.53 Å². The largest absolute Gasteiger partial charge is 0.495 e. The molecular weight excluding hydrogens is 500 g/mol. The Bertz CT molecular complexity index is 1220. The van der Waals surface area contributed by atoms with Crippen molar-refractivity contribution in [3.63, 3.8) is 0 Å². The van der Waals surface area contributed by atoms with Crippen LogP contribution in [0.3, 0.4) is 0 Å². The number of rotatable bonds is 9. The molecule has 188 valence electrons. The summed E-state index contributed by atoms with van der Waals surface area (Å²) < 4.78 is 10.5. The van der Waals surface area contributed by atoms with E-state index in [4.69, 9.17) is 21.1 Å². The summed E-state index contributed by atoms with van der Waals surface area (Å²) in [4.78, 5) is 29.2. The number of methoxy groups -OCH3 is 2. The highest BCUT2D eigenvalue weighted by Crippen LogP contribution is 2.34. The second kappa shape index (κ2) is 12.0. The van der Waals surface area contributed by atoms with Crippen LogP contribution >= 0.6 is 22.9 Å². The molecule has 0 bridgehead atoms. The van der Waals surface area contributed by atoms with E-state index in [2.05, 4.69) is 10.4 Å². The molecule has 3 amide bonds. The van der Waals surface area contributed by atoms with E-state index in [-0.39, 0.29) is 31.6 Å². The minimum Gasteiger partial charge on any atom is -0.495 e. The molecule has 0 aliphatic carbocycles. The highest BCUT2D eigenvalue weighted by molar-refractivity contribution is 7.12. The van der Waals surface area contributed by atoms with Crippen LogP contribution in [0.4, 0.5) is 10.5 Å². The van der Waals surface area contributed by atoms with Gasteiger partial charge in [-0.05, 0) is 41.3 Å². The lowest BCUT2D eigenvalue weighted by Crippen LogP contribution is -2.44. The van der Waals surface area contributed by atoms with Gasteiger partial charge in [-0.2, -0.15) is 5.10 Å². The van der Waals surface area contributed by atoms with Gasteiger partial charge in [0.2, 0.25) is 0 Å². The Balaban J connectivity index is 1.56. The fraction of sp³-hybridized carbons (Fsp3) is 0.269. The average molecular weight is 527 g/mol. The van der Waals surface area contributed by atoms with Crippen molar-refractivity contribution in [1.82, 2.24) is 9.91 Å². The van der Waals surface area contributed by atoms with Gasteiger partial charge >= 0.3 is 6.03 Å². The third-order valence-corrected chi connectivity index (χ3v) is 6.92. The SMILES string of the molecule is COCCN(CC(=O)N1N=C(c2cccs2)CC1c1ccc(Cl)cc1)C(=O)Nc1ccccc1OC. The third-order valence-electron chi connectivity index (χ3n) is 5.75. The van der Waals surface area contributed by atoms with E-state index in [9.17, 15) is 9.59 Å². The van der Waals surface area contributed by atoms with Gasteiger partial charge < -0.3 is 19.7 Å². The van der Waals surface area contributed by atoms with Crippen molar-refractivity contribution in [2.24, 2.45) is 5.10 Å². The molecule has 0 fully saturated rings. The summed E-state index contributed by atoms with van der Waals surface area (Å²) in [5.74, 6) is 0.226. The van der Waals surface area contributed by atoms with Gasteiger partial charge in [0.15, 0.2) is 0 Å². The highest BCUT2D eigenvalue weighted by Gasteiger charge is 2.34. The van der Waals surface area contributed by atoms with Crippen LogP contribution in [-0.4, -0.2) is 61.5 Å². The number of nitrogens with one attached hydrogen (secondary N) is 1. The fourth-order valence-corrected chi connectivity index (χ4v) is 4.76. The number of anilines is 1. The van der Waals surface area contributed by atoms with Gasteiger partial charge in [-0.3, -0.25) is 4.79 Å². The van der Waals surface area contributed by atoms with Gasteiger partial charge in [0, 0.05) is 25.1 Å². The molecule has 1 N–H and O–H groups in total. The van der Waals surface area contributed by atoms with Crippen molar-refractivity contribution in [3.8, 4) is 5.75 Å². The third kappa shape index (κ3) is 6.04. The number of ether oxygens (including phenoxy) is 2. The quantitative estimate of drug-likeness (QED) is 0.412. The van der Waals surface area contributed by atoms with Crippen molar-refractivity contribution in [3.05, 3.63) is 81.5 Å². The maximum absolute atomic E-state index is 13.6. The molecule has 8 nitrogen and oxygen atoms in total. The molecule has 1 aliphatic heterocycles. The lowest BCUT2D eigenvalue weighted by Gasteiger charge is -2.27. The molecular formula is C26H27ClN4O4S. The maximum Gasteiger partial charge on any atom is 0.322 e. The zero-order valence-corrected chi connectivity index (χ0v) is 21.6. The number of benzene rings is 2. The van der Waals surface area contributed by atoms with Gasteiger partial charge in [-0.25, -0.2) is 9.80 Å². The van der Waals surface area contributed by atoms with Gasteiger partial charge in [0.05, 0.1) is 36.0 Å². The van der Waals surface area contributed by atoms with Crippen LogP contribution in [0.25, 0.3) is 0 Å². The number of amides is 3. The van der Waals surface area contributed by atoms with E-state index in [1.54, 1.807) is 48.8 Å². The number of carbonyl (C=O) groups excluding carboxylic acids is 2. The minimum atomic E-state index is -0.436. The van der Waals surface area contributed by atoms with Crippen LogP contribution in [0.1, 0.15) is 22.9 Å². The second-order valence-corrected chi connectivity index (χ2v) is 9.46. The number of para-hydroxylation sites is 2. The van der Waals surface area contributed by atoms with Gasteiger partial charge in [0.1, 0.15) is 12.3 Å². The van der Waals surface area contributed by atoms with Crippen LogP contribution in [0, 0.1) is 0 Å². The smallest absolute Gasteiger partial charge is 0.322 e. The molecule has 0 saturated carbocycles. The van der Waals surface area contributed by atoms with Crippen LogP contribution < -0.4 is 10.1 Å². The normalized spacial score (nSPS) is 14.9. The summed E-state index contributed by atoms with van der Waals surface area (Å²) in [7, 11) is 3.08. The molecule has 1 aliphatic rings. The first-order valence-electron chi connectivity index (χ1n) is 11.4. The van der Waals surface area contributed by atoms with E-state index in [0.717, 1.165) is 16.2 Å². The molecule has 36 heavy (non-hydrogen) atoms. The number of nitrogens with zero attached hydrogens (tertiary/aromatic N) is 3. The molecule has 0 radical (unpaired) electrons. The fourth-order valence-electron chi connectivity index (χ4n) is 3.91. The standard InChI is InChI=1S/C26H27ClN4O4S/c1-34-14-13-30(26(33)28-20-6-3-4-7-23(20)35-2)17-25(32)31-22(18-9-11-19(27)12-10-18)16-21(29-31)24-8-5-15-36-24/h3-12,15,22H,13-14,16-17H2,1-2H3,(H,28,33). The van der Waals surface area contributed by atoms with E-state index in [0.29, 0.717) is 22.9 Å². The molecule has 3 aromatic rings. The lowest BCUT2D eigenvalue weighted by molar-refractivity contribution is -0.133. The van der Waals surface area contributed by atoms with E-state index < -0.39 is 6.03 Å². The minimum absolute atomic E-state index is 0.171. The number of hydrogen-bond acceptors (Lipinski definition) is 6. The summed E-state index contributed by atoms with van der Waals surface area (Å²) in [6, 6.07) is 17.7. The molecule has 10 heteroatoms. The van der Waals surface area contributed by atoms with Crippen molar-refractivity contribution in [2.75, 3.05) is 39.2 Å². The zero-order chi connectivity index (χ0) is 25.5. The molecule has 2 heterocycles. The first kappa shape index (κ1) is 25.7. The topological polar surface area (TPSA) is 83.5 Å². The Morgan fingerprint density at radius 2 is 1.92 bits per heavy atom. The number of hydrazone groups is 1. The zero-order valence-electron chi connectivity index (χ0n) is 20.0. The number of hydrogen-bond donors (Lipinski definition) is 1. The predicted molar refractivity (Wildman–Crippen MR) is 142 cm³/mol. The summed E-state index contributed by atoms with van der Waals surface area (Å²) in [5, 5.41) is 11.6. The molecule has 2 aromatic carbocycles. The van der Waals surface area contributed by atoms with Crippen molar-refractivity contribution >= 4 is 46.3 Å². The number of carbonyl (C=O) groups is 2. The number of urea groups is 1. The molecule has 0 saturated heterocycles. The highest BCUT2D eigenvalue weighted by atomic mass is 35.5. The maximum atomic E-state index is 13.6. The molecule has 1 aromatic heterocycles. The van der Waals surface area contributed by atoms with Gasteiger partial charge in [0.25, 0.3) is 5.91 Å². The Hall–Kier alpha value is -3.40. The molecule has 1 atom stereocenters. The number of halogens is 1. The van der Waals surface area contributed by atoms with E-state index in [1.165, 1.54) is 17.0 Å². The van der Waals surface area contributed by atoms with E-state index >= 15 is 0 Å². The Morgan fingerprint density at radius 1 is 1.14 bits per heavy atom. The summed E-state index contributed by atoms with van der Waals surface area (Å²) in [6.45, 7) is 0.330. The number of thiophene rings is 1. The monoisotopic (exact) mass is 526 g/mol. The average Bonchev–Trinajstić information content (AvgIpc) is 3.58. The van der Waals surface area contributed by atoms with Gasteiger partial charge in [-0.1, -0.05) is 41.9 Å². The van der Waals surface area contributed by atoms with Gasteiger partial charge in [-0.15, -0.1) is 11.3 Å². The predicted octanol–water partition coefficient (Wildman–Crippen LogP) is 5.27. The van der Waals surface area contributed by atoms with Crippen LogP contribution in [0.5, 0.6) is 5.75 Å². The molecule has 4 rings (SSSR count). The summed E-state index contributed by atoms with van der Waals surface area (Å²) >= 11 is 7.66. The molecule has 1 unspecified atom stereocenters. The van der Waals surface area contributed by atoms with E-state index in [1.807, 2.05) is 35.7 Å². The summed E-state index contributed by atoms with van der Waals surface area (Å²) in [5.41, 5.74) is 2.27. The van der Waals surface area contributed by atoms with Crippen molar-refractivity contribution in [2.45, 2.75) is 12.5 Å². The first-order chi connectivity index (χ1) is 17.5. The summed E-state index contributed by atoms with van der Waals surface area (Å²) in [6.07, 6.45) is 0.569. The van der Waals surface area contributed by atoms with Crippen LogP contribution in [0.2, 0.25) is 5.02 Å². The first-order valence-corrected chi connectivity index (χ1v) is 12.6. The Labute approximate surface area is 219 Å². The second-order valence-electron chi connectivity index (χ2n) is 8.08.